The van der Waals surface area contributed by atoms with Crippen LogP contribution in [0.25, 0.3) is 22.3 Å². The van der Waals surface area contributed by atoms with Gasteiger partial charge < -0.3 is 14.2 Å². The molecule has 0 aliphatic carbocycles. The normalized spacial score (nSPS) is 15.8. The maximum atomic E-state index is 12.6. The predicted molar refractivity (Wildman–Crippen MR) is 97.6 cm³/mol. The van der Waals surface area contributed by atoms with E-state index in [1.54, 1.807) is 6.07 Å². The Labute approximate surface area is 140 Å². The van der Waals surface area contributed by atoms with Gasteiger partial charge in [0.2, 0.25) is 0 Å². The number of piperazine rings is 1. The summed E-state index contributed by atoms with van der Waals surface area (Å²) in [5.41, 5.74) is 2.62. The zero-order valence-corrected chi connectivity index (χ0v) is 13.7. The summed E-state index contributed by atoms with van der Waals surface area (Å²) in [6, 6.07) is 17.2. The molecule has 1 fully saturated rings. The van der Waals surface area contributed by atoms with Crippen LogP contribution in [0.15, 0.2) is 63.8 Å². The summed E-state index contributed by atoms with van der Waals surface area (Å²) >= 11 is 0. The van der Waals surface area contributed by atoms with Crippen molar-refractivity contribution in [1.29, 1.82) is 0 Å². The molecule has 0 amide bonds. The molecule has 0 atom stereocenters. The van der Waals surface area contributed by atoms with Gasteiger partial charge in [-0.1, -0.05) is 36.4 Å². The van der Waals surface area contributed by atoms with E-state index in [1.807, 2.05) is 48.5 Å². The minimum absolute atomic E-state index is 0.00563. The average Bonchev–Trinajstić information content (AvgIpc) is 2.63. The van der Waals surface area contributed by atoms with Crippen LogP contribution in [0.2, 0.25) is 0 Å². The average molecular weight is 320 g/mol. The molecule has 122 valence electrons. The summed E-state index contributed by atoms with van der Waals surface area (Å²) in [5.74, 6) is 0.620. The van der Waals surface area contributed by atoms with Gasteiger partial charge in [-0.2, -0.15) is 0 Å². The Hall–Kier alpha value is -2.59. The first-order chi connectivity index (χ1) is 11.7. The molecule has 0 bridgehead atoms. The molecule has 0 N–H and O–H groups in total. The fraction of sp³-hybridized carbons (Fsp3) is 0.250. The van der Waals surface area contributed by atoms with Gasteiger partial charge in [0.25, 0.3) is 0 Å². The molecule has 4 rings (SSSR count). The predicted octanol–water partition coefficient (Wildman–Crippen LogP) is 3.21. The molecule has 0 unspecified atom stereocenters. The van der Waals surface area contributed by atoms with Crippen LogP contribution >= 0.6 is 0 Å². The second-order valence-corrected chi connectivity index (χ2v) is 6.29. The van der Waals surface area contributed by atoms with E-state index in [0.717, 1.165) is 37.4 Å². The van der Waals surface area contributed by atoms with Crippen LogP contribution in [0, 0.1) is 0 Å². The first-order valence-electron chi connectivity index (χ1n) is 8.28. The lowest BCUT2D eigenvalue weighted by molar-refractivity contribution is 0.313. The van der Waals surface area contributed by atoms with Crippen LogP contribution < -0.4 is 10.3 Å². The van der Waals surface area contributed by atoms with Crippen molar-refractivity contribution in [3.05, 3.63) is 64.8 Å². The van der Waals surface area contributed by atoms with Crippen molar-refractivity contribution in [2.45, 2.75) is 0 Å². The second-order valence-electron chi connectivity index (χ2n) is 6.29. The molecule has 4 heteroatoms. The first kappa shape index (κ1) is 15.0. The Kier molecular flexibility index (Phi) is 3.82. The molecule has 0 spiro atoms. The summed E-state index contributed by atoms with van der Waals surface area (Å²) in [6.45, 7) is 3.90. The standard InChI is InChI=1S/C20H20N2O2/c1-21-10-12-22(13-11-21)17-9-5-8-16-18(23)14-19(24-20(16)17)15-6-3-2-4-7-15/h2-9,14H,10-13H2,1H3. The molecule has 2 heterocycles. The van der Waals surface area contributed by atoms with Gasteiger partial charge >= 0.3 is 0 Å². The molecule has 24 heavy (non-hydrogen) atoms. The molecular formula is C20H20N2O2. The van der Waals surface area contributed by atoms with Crippen molar-refractivity contribution in [1.82, 2.24) is 4.90 Å². The van der Waals surface area contributed by atoms with Crippen LogP contribution in [-0.4, -0.2) is 38.1 Å². The third kappa shape index (κ3) is 2.69. The largest absolute Gasteiger partial charge is 0.454 e. The number of nitrogens with zero attached hydrogens (tertiary/aromatic N) is 2. The number of hydrogen-bond donors (Lipinski definition) is 0. The molecule has 0 saturated carbocycles. The number of fused-ring (bicyclic) bond motifs is 1. The summed E-state index contributed by atoms with van der Waals surface area (Å²) in [7, 11) is 2.13. The zero-order valence-electron chi connectivity index (χ0n) is 13.7. The maximum absolute atomic E-state index is 12.6. The number of benzene rings is 2. The molecule has 1 aliphatic heterocycles. The summed E-state index contributed by atoms with van der Waals surface area (Å²) in [6.07, 6.45) is 0. The van der Waals surface area contributed by atoms with Gasteiger partial charge in [-0.3, -0.25) is 4.79 Å². The fourth-order valence-electron chi connectivity index (χ4n) is 3.20. The van der Waals surface area contributed by atoms with E-state index in [4.69, 9.17) is 4.42 Å². The number of rotatable bonds is 2. The summed E-state index contributed by atoms with van der Waals surface area (Å²) in [4.78, 5) is 17.2. The van der Waals surface area contributed by atoms with Gasteiger partial charge in [0.15, 0.2) is 11.0 Å². The highest BCUT2D eigenvalue weighted by molar-refractivity contribution is 5.90. The van der Waals surface area contributed by atoms with E-state index in [9.17, 15) is 4.79 Å². The molecular weight excluding hydrogens is 300 g/mol. The van der Waals surface area contributed by atoms with Crippen LogP contribution in [-0.2, 0) is 0 Å². The number of hydrogen-bond acceptors (Lipinski definition) is 4. The van der Waals surface area contributed by atoms with E-state index in [0.29, 0.717) is 16.7 Å². The van der Waals surface area contributed by atoms with Gasteiger partial charge in [0.05, 0.1) is 11.1 Å². The van der Waals surface area contributed by atoms with E-state index < -0.39 is 0 Å². The quantitative estimate of drug-likeness (QED) is 0.726. The molecule has 1 saturated heterocycles. The Morgan fingerprint density at radius 2 is 1.67 bits per heavy atom. The van der Waals surface area contributed by atoms with Crippen LogP contribution in [0.4, 0.5) is 5.69 Å². The SMILES string of the molecule is CN1CCN(c2cccc3c(=O)cc(-c4ccccc4)oc23)CC1. The van der Waals surface area contributed by atoms with Gasteiger partial charge in [-0.25, -0.2) is 0 Å². The van der Waals surface area contributed by atoms with Crippen LogP contribution in [0.5, 0.6) is 0 Å². The smallest absolute Gasteiger partial charge is 0.193 e. The van der Waals surface area contributed by atoms with E-state index in [2.05, 4.69) is 16.8 Å². The van der Waals surface area contributed by atoms with Gasteiger partial charge in [-0.05, 0) is 19.2 Å². The van der Waals surface area contributed by atoms with Gasteiger partial charge in [-0.15, -0.1) is 0 Å². The minimum Gasteiger partial charge on any atom is -0.454 e. The summed E-state index contributed by atoms with van der Waals surface area (Å²) < 4.78 is 6.18. The van der Waals surface area contributed by atoms with Crippen molar-refractivity contribution in [2.75, 3.05) is 38.1 Å². The van der Waals surface area contributed by atoms with Gasteiger partial charge in [0, 0.05) is 37.8 Å². The molecule has 2 aromatic carbocycles. The number of anilines is 1. The second kappa shape index (κ2) is 6.13. The topological polar surface area (TPSA) is 36.7 Å². The lowest BCUT2D eigenvalue weighted by Gasteiger charge is -2.34. The monoisotopic (exact) mass is 320 g/mol. The van der Waals surface area contributed by atoms with Crippen molar-refractivity contribution in [3.8, 4) is 11.3 Å². The van der Waals surface area contributed by atoms with E-state index in [1.165, 1.54) is 0 Å². The Morgan fingerprint density at radius 1 is 0.917 bits per heavy atom. The van der Waals surface area contributed by atoms with Crippen molar-refractivity contribution in [2.24, 2.45) is 0 Å². The van der Waals surface area contributed by atoms with Crippen LogP contribution in [0.1, 0.15) is 0 Å². The van der Waals surface area contributed by atoms with Crippen molar-refractivity contribution in [3.63, 3.8) is 0 Å². The Bertz CT molecular complexity index is 910. The van der Waals surface area contributed by atoms with Crippen molar-refractivity contribution < 1.29 is 4.42 Å². The third-order valence-electron chi connectivity index (χ3n) is 4.64. The molecule has 0 radical (unpaired) electrons. The highest BCUT2D eigenvalue weighted by Gasteiger charge is 2.18. The molecule has 4 nitrogen and oxygen atoms in total. The van der Waals surface area contributed by atoms with Crippen LogP contribution in [0.3, 0.4) is 0 Å². The summed E-state index contributed by atoms with van der Waals surface area (Å²) in [5, 5.41) is 0.645. The molecule has 1 aliphatic rings. The zero-order chi connectivity index (χ0) is 16.5. The lowest BCUT2D eigenvalue weighted by Crippen LogP contribution is -2.44. The fourth-order valence-corrected chi connectivity index (χ4v) is 3.20. The maximum Gasteiger partial charge on any atom is 0.193 e. The lowest BCUT2D eigenvalue weighted by atomic mass is 10.1. The number of para-hydroxylation sites is 1. The highest BCUT2D eigenvalue weighted by Crippen LogP contribution is 2.29. The molecule has 3 aromatic rings. The Balaban J connectivity index is 1.86. The first-order valence-corrected chi connectivity index (χ1v) is 8.28. The Morgan fingerprint density at radius 3 is 2.42 bits per heavy atom. The van der Waals surface area contributed by atoms with E-state index in [-0.39, 0.29) is 5.43 Å². The number of likely N-dealkylation sites (N-methyl/N-ethyl adjacent to an activating group) is 1. The van der Waals surface area contributed by atoms with Crippen molar-refractivity contribution >= 4 is 16.7 Å². The molecule has 1 aromatic heterocycles. The highest BCUT2D eigenvalue weighted by atomic mass is 16.3. The van der Waals surface area contributed by atoms with E-state index >= 15 is 0 Å². The minimum atomic E-state index is 0.00563. The van der Waals surface area contributed by atoms with Gasteiger partial charge in [0.1, 0.15) is 5.76 Å². The third-order valence-corrected chi connectivity index (χ3v) is 4.64.